The van der Waals surface area contributed by atoms with Crippen LogP contribution in [0.3, 0.4) is 0 Å². The van der Waals surface area contributed by atoms with Gasteiger partial charge in [-0.1, -0.05) is 13.3 Å². The molecular weight excluding hydrogens is 184 g/mol. The van der Waals surface area contributed by atoms with Gasteiger partial charge < -0.3 is 15.7 Å². The Morgan fingerprint density at radius 2 is 1.93 bits per heavy atom. The second-order valence-corrected chi connectivity index (χ2v) is 3.84. The van der Waals surface area contributed by atoms with Crippen LogP contribution < -0.4 is 10.6 Å². The molecule has 2 amide bonds. The van der Waals surface area contributed by atoms with E-state index in [-0.39, 0.29) is 12.1 Å². The topological polar surface area (TPSA) is 78.4 Å². The van der Waals surface area contributed by atoms with E-state index in [1.54, 1.807) is 0 Å². The summed E-state index contributed by atoms with van der Waals surface area (Å²) in [6.07, 6.45) is 1.82. The minimum absolute atomic E-state index is 0.294. The summed E-state index contributed by atoms with van der Waals surface area (Å²) in [7, 11) is 0. The van der Waals surface area contributed by atoms with Crippen molar-refractivity contribution in [2.24, 2.45) is 0 Å². The number of urea groups is 1. The Balaban J connectivity index is 3.86. The molecule has 0 rings (SSSR count). The van der Waals surface area contributed by atoms with Crippen LogP contribution in [0.4, 0.5) is 4.79 Å². The Morgan fingerprint density at radius 1 is 1.36 bits per heavy atom. The van der Waals surface area contributed by atoms with E-state index in [0.29, 0.717) is 0 Å². The molecule has 0 bridgehead atoms. The Kier molecular flexibility index (Phi) is 4.97. The quantitative estimate of drug-likeness (QED) is 0.621. The van der Waals surface area contributed by atoms with Gasteiger partial charge in [0.1, 0.15) is 6.54 Å². The van der Waals surface area contributed by atoms with Crippen LogP contribution in [0.1, 0.15) is 33.6 Å². The fraction of sp³-hybridized carbons (Fsp3) is 0.778. The second-order valence-electron chi connectivity index (χ2n) is 3.84. The lowest BCUT2D eigenvalue weighted by molar-refractivity contribution is -0.135. The molecule has 3 N–H and O–H groups in total. The molecule has 0 radical (unpaired) electrons. The average Bonchev–Trinajstić information content (AvgIpc) is 1.99. The van der Waals surface area contributed by atoms with E-state index in [0.717, 1.165) is 12.8 Å². The third-order valence-electron chi connectivity index (χ3n) is 1.73. The van der Waals surface area contributed by atoms with Gasteiger partial charge >= 0.3 is 12.0 Å². The zero-order chi connectivity index (χ0) is 11.2. The van der Waals surface area contributed by atoms with Crippen molar-refractivity contribution in [3.05, 3.63) is 0 Å². The highest BCUT2D eigenvalue weighted by Crippen LogP contribution is 2.09. The molecule has 0 unspecified atom stereocenters. The SMILES string of the molecule is CCCC(C)(C)NC(=O)NCC(=O)O. The molecule has 5 nitrogen and oxygen atoms in total. The Bertz CT molecular complexity index is 214. The second kappa shape index (κ2) is 5.47. The van der Waals surface area contributed by atoms with Gasteiger partial charge in [0.05, 0.1) is 0 Å². The summed E-state index contributed by atoms with van der Waals surface area (Å²) in [4.78, 5) is 21.3. The van der Waals surface area contributed by atoms with Crippen molar-refractivity contribution in [3.63, 3.8) is 0 Å². The average molecular weight is 202 g/mol. The molecule has 0 atom stereocenters. The van der Waals surface area contributed by atoms with Gasteiger partial charge in [-0.3, -0.25) is 4.79 Å². The number of carbonyl (C=O) groups is 2. The van der Waals surface area contributed by atoms with Gasteiger partial charge in [0.15, 0.2) is 0 Å². The number of hydrogen-bond donors (Lipinski definition) is 3. The summed E-state index contributed by atoms with van der Waals surface area (Å²) in [6, 6.07) is -0.439. The van der Waals surface area contributed by atoms with Crippen molar-refractivity contribution in [2.45, 2.75) is 39.2 Å². The zero-order valence-corrected chi connectivity index (χ0v) is 8.89. The normalized spacial score (nSPS) is 10.8. The number of carboxylic acid groups (broad SMARTS) is 1. The molecule has 0 aliphatic rings. The maximum atomic E-state index is 11.2. The molecule has 0 aliphatic heterocycles. The van der Waals surface area contributed by atoms with Crippen molar-refractivity contribution in [1.82, 2.24) is 10.6 Å². The van der Waals surface area contributed by atoms with E-state index in [1.807, 2.05) is 20.8 Å². The van der Waals surface area contributed by atoms with Gasteiger partial charge in [-0.25, -0.2) is 4.79 Å². The molecule has 0 aromatic heterocycles. The van der Waals surface area contributed by atoms with Crippen LogP contribution in [0.2, 0.25) is 0 Å². The summed E-state index contributed by atoms with van der Waals surface area (Å²) in [5, 5.41) is 13.3. The van der Waals surface area contributed by atoms with Crippen LogP contribution in [-0.2, 0) is 4.79 Å². The van der Waals surface area contributed by atoms with E-state index < -0.39 is 12.0 Å². The van der Waals surface area contributed by atoms with Crippen LogP contribution in [0, 0.1) is 0 Å². The molecule has 0 fully saturated rings. The Labute approximate surface area is 83.9 Å². The summed E-state index contributed by atoms with van der Waals surface area (Å²) in [6.45, 7) is 5.47. The minimum Gasteiger partial charge on any atom is -0.480 e. The van der Waals surface area contributed by atoms with Gasteiger partial charge in [0.25, 0.3) is 0 Å². The number of carboxylic acids is 1. The van der Waals surface area contributed by atoms with Crippen molar-refractivity contribution in [2.75, 3.05) is 6.54 Å². The number of carbonyl (C=O) groups excluding carboxylic acids is 1. The van der Waals surface area contributed by atoms with Crippen molar-refractivity contribution >= 4 is 12.0 Å². The predicted molar refractivity (Wildman–Crippen MR) is 53.2 cm³/mol. The van der Waals surface area contributed by atoms with Gasteiger partial charge in [-0.15, -0.1) is 0 Å². The highest BCUT2D eigenvalue weighted by Gasteiger charge is 2.18. The number of rotatable bonds is 5. The lowest BCUT2D eigenvalue weighted by Crippen LogP contribution is -2.49. The molecule has 0 saturated heterocycles. The first-order valence-corrected chi connectivity index (χ1v) is 4.65. The summed E-state index contributed by atoms with van der Waals surface area (Å²) < 4.78 is 0. The molecule has 0 saturated carbocycles. The monoisotopic (exact) mass is 202 g/mol. The summed E-state index contributed by atoms with van der Waals surface area (Å²) in [5.74, 6) is -1.05. The third kappa shape index (κ3) is 6.28. The highest BCUT2D eigenvalue weighted by atomic mass is 16.4. The van der Waals surface area contributed by atoms with E-state index in [4.69, 9.17) is 5.11 Å². The standard InChI is InChI=1S/C9H18N2O3/c1-4-5-9(2,3)11-8(14)10-6-7(12)13/h4-6H2,1-3H3,(H,12,13)(H2,10,11,14). The first-order chi connectivity index (χ1) is 6.37. The molecule has 5 heteroatoms. The van der Waals surface area contributed by atoms with E-state index >= 15 is 0 Å². The van der Waals surface area contributed by atoms with E-state index in [1.165, 1.54) is 0 Å². The molecule has 0 aliphatic carbocycles. The predicted octanol–water partition coefficient (Wildman–Crippen LogP) is 0.949. The smallest absolute Gasteiger partial charge is 0.323 e. The number of amides is 2. The van der Waals surface area contributed by atoms with Gasteiger partial charge in [0, 0.05) is 5.54 Å². The van der Waals surface area contributed by atoms with Crippen molar-refractivity contribution < 1.29 is 14.7 Å². The summed E-state index contributed by atoms with van der Waals surface area (Å²) in [5.41, 5.74) is -0.294. The Hall–Kier alpha value is -1.26. The van der Waals surface area contributed by atoms with Crippen LogP contribution in [0.5, 0.6) is 0 Å². The van der Waals surface area contributed by atoms with E-state index in [9.17, 15) is 9.59 Å². The summed E-state index contributed by atoms with van der Waals surface area (Å²) >= 11 is 0. The van der Waals surface area contributed by atoms with Crippen LogP contribution in [0.25, 0.3) is 0 Å². The van der Waals surface area contributed by atoms with Crippen LogP contribution in [-0.4, -0.2) is 29.2 Å². The van der Waals surface area contributed by atoms with Gasteiger partial charge in [-0.2, -0.15) is 0 Å². The maximum Gasteiger partial charge on any atom is 0.323 e. The molecular formula is C9H18N2O3. The lowest BCUT2D eigenvalue weighted by atomic mass is 9.99. The first-order valence-electron chi connectivity index (χ1n) is 4.65. The van der Waals surface area contributed by atoms with Crippen LogP contribution >= 0.6 is 0 Å². The molecule has 0 heterocycles. The van der Waals surface area contributed by atoms with Crippen molar-refractivity contribution in [3.8, 4) is 0 Å². The number of aliphatic carboxylic acids is 1. The Morgan fingerprint density at radius 3 is 2.36 bits per heavy atom. The zero-order valence-electron chi connectivity index (χ0n) is 8.89. The third-order valence-corrected chi connectivity index (χ3v) is 1.73. The van der Waals surface area contributed by atoms with Crippen molar-refractivity contribution in [1.29, 1.82) is 0 Å². The fourth-order valence-corrected chi connectivity index (χ4v) is 1.19. The largest absolute Gasteiger partial charge is 0.480 e. The number of nitrogens with one attached hydrogen (secondary N) is 2. The number of hydrogen-bond acceptors (Lipinski definition) is 2. The first kappa shape index (κ1) is 12.7. The van der Waals surface area contributed by atoms with E-state index in [2.05, 4.69) is 10.6 Å². The molecule has 0 aromatic carbocycles. The van der Waals surface area contributed by atoms with Gasteiger partial charge in [-0.05, 0) is 20.3 Å². The van der Waals surface area contributed by atoms with Crippen LogP contribution in [0.15, 0.2) is 0 Å². The molecule has 0 spiro atoms. The molecule has 82 valence electrons. The molecule has 14 heavy (non-hydrogen) atoms. The molecule has 0 aromatic rings. The minimum atomic E-state index is -1.05. The van der Waals surface area contributed by atoms with Gasteiger partial charge in [0.2, 0.25) is 0 Å². The highest BCUT2D eigenvalue weighted by molar-refractivity contribution is 5.80. The fourth-order valence-electron chi connectivity index (χ4n) is 1.19. The maximum absolute atomic E-state index is 11.2. The lowest BCUT2D eigenvalue weighted by Gasteiger charge is -2.25.